The lowest BCUT2D eigenvalue weighted by Gasteiger charge is -2.15. The molecule has 0 bridgehead atoms. The summed E-state index contributed by atoms with van der Waals surface area (Å²) < 4.78 is 36.1. The van der Waals surface area contributed by atoms with Crippen LogP contribution < -0.4 is 0 Å². The zero-order valence-corrected chi connectivity index (χ0v) is 42.5. The van der Waals surface area contributed by atoms with Crippen LogP contribution in [0.4, 0.5) is 0 Å². The Hall–Kier alpha value is -3.10. The molecule has 0 aliphatic rings. The van der Waals surface area contributed by atoms with Crippen molar-refractivity contribution in [3.63, 3.8) is 0 Å². The predicted molar refractivity (Wildman–Crippen MR) is 260 cm³/mol. The van der Waals surface area contributed by atoms with E-state index in [1.54, 1.807) is 24.3 Å². The number of carbonyl (C=O) groups excluding carboxylic acids is 4. The molecule has 0 saturated carbocycles. The van der Waals surface area contributed by atoms with Gasteiger partial charge in [0, 0.05) is 26.1 Å². The second kappa shape index (κ2) is 53.5. The number of hydrogen-bond acceptors (Lipinski definition) is 13. The molecule has 0 aromatic heterocycles. The number of aliphatic hydroxyl groups is 2. The van der Waals surface area contributed by atoms with Crippen LogP contribution in [0, 0.1) is 11.8 Å². The number of carbonyl (C=O) groups is 4. The molecule has 2 unspecified atom stereocenters. The van der Waals surface area contributed by atoms with Gasteiger partial charge in [0.05, 0.1) is 77.2 Å². The maximum absolute atomic E-state index is 11.8. The highest BCUT2D eigenvalue weighted by Gasteiger charge is 2.13. The molecule has 1 rings (SSSR count). The monoisotopic (exact) mass is 929 g/mol. The summed E-state index contributed by atoms with van der Waals surface area (Å²) in [5.41, 5.74) is 0.900. The van der Waals surface area contributed by atoms with Gasteiger partial charge in [-0.2, -0.15) is 0 Å². The first-order chi connectivity index (χ1) is 31.6. The van der Waals surface area contributed by atoms with E-state index >= 15 is 0 Å². The largest absolute Gasteiger partial charge is 0.465 e. The van der Waals surface area contributed by atoms with Gasteiger partial charge in [-0.25, -0.2) is 9.59 Å². The fourth-order valence-corrected chi connectivity index (χ4v) is 5.47. The number of aliphatic hydroxyl groups excluding tert-OH is 2. The minimum Gasteiger partial charge on any atom is -0.465 e. The van der Waals surface area contributed by atoms with Crippen LogP contribution in [0.1, 0.15) is 205 Å². The molecule has 2 N–H and O–H groups in total. The molecule has 0 saturated heterocycles. The molecule has 1 aromatic carbocycles. The van der Waals surface area contributed by atoms with E-state index in [9.17, 15) is 19.2 Å². The van der Waals surface area contributed by atoms with E-state index in [1.807, 2.05) is 13.8 Å². The maximum atomic E-state index is 11.8. The Morgan fingerprint density at radius 1 is 0.415 bits per heavy atom. The fourth-order valence-electron chi connectivity index (χ4n) is 5.47. The van der Waals surface area contributed by atoms with E-state index < -0.39 is 0 Å². The first kappa shape index (κ1) is 66.2. The molecule has 382 valence electrons. The molecule has 13 nitrogen and oxygen atoms in total. The highest BCUT2D eigenvalue weighted by Crippen LogP contribution is 2.15. The SMILES string of the molecule is CCCCC(CC)COC(=O)CCCCC(=O)OCC(CC)CCCC.CCCCOC(=O)c1ccc(C(=O)OCCCC)cc1.CCCCOCCO.CCCCOCCOCCO. The first-order valence-electron chi connectivity index (χ1n) is 25.3. The average Bonchev–Trinajstić information content (AvgIpc) is 3.32. The molecule has 0 aliphatic heterocycles. The highest BCUT2D eigenvalue weighted by atomic mass is 16.5. The van der Waals surface area contributed by atoms with E-state index in [1.165, 1.54) is 25.7 Å². The standard InChI is InChI=1S/C22H42O4.C16H22O4.C8H18O3.C6H14O2/c1-5-9-13-19(7-3)17-25-21(23)15-11-12-16-22(24)26-18-20(8-4)14-10-6-2;1-3-5-11-19-15(17)13-7-9-14(10-8-13)16(18)20-12-6-4-2;1-2-3-5-10-7-8-11-6-4-9;1-2-3-5-8-6-4-7/h19-20H,5-18H2,1-4H3;7-10H,3-6,11-12H2,1-2H3;9H,2-8H2,1H3;7H,2-6H2,1H3. The summed E-state index contributed by atoms with van der Waals surface area (Å²) in [4.78, 5) is 46.9. The zero-order chi connectivity index (χ0) is 49.0. The number of esters is 4. The molecule has 65 heavy (non-hydrogen) atoms. The van der Waals surface area contributed by atoms with Crippen molar-refractivity contribution in [3.8, 4) is 0 Å². The van der Waals surface area contributed by atoms with Crippen molar-refractivity contribution in [2.75, 3.05) is 79.3 Å². The van der Waals surface area contributed by atoms with Gasteiger partial charge < -0.3 is 43.4 Å². The summed E-state index contributed by atoms with van der Waals surface area (Å²) in [7, 11) is 0. The van der Waals surface area contributed by atoms with Crippen molar-refractivity contribution in [1.29, 1.82) is 0 Å². The minimum absolute atomic E-state index is 0.0922. The molecule has 0 amide bonds. The fraction of sp³-hybridized carbons (Fsp3) is 0.808. The second-order valence-electron chi connectivity index (χ2n) is 16.0. The van der Waals surface area contributed by atoms with Crippen LogP contribution >= 0.6 is 0 Å². The Morgan fingerprint density at radius 3 is 1.06 bits per heavy atom. The predicted octanol–water partition coefficient (Wildman–Crippen LogP) is 11.3. The van der Waals surface area contributed by atoms with Gasteiger partial charge in [0.2, 0.25) is 0 Å². The molecule has 0 fully saturated rings. The van der Waals surface area contributed by atoms with Crippen LogP contribution in [-0.2, 0) is 42.7 Å². The molecule has 0 heterocycles. The Balaban J connectivity index is -0.000000864. The van der Waals surface area contributed by atoms with Crippen LogP contribution in [0.15, 0.2) is 24.3 Å². The third-order valence-corrected chi connectivity index (χ3v) is 10.0. The lowest BCUT2D eigenvalue weighted by atomic mass is 10.0. The maximum Gasteiger partial charge on any atom is 0.338 e. The van der Waals surface area contributed by atoms with E-state index in [2.05, 4.69) is 41.5 Å². The molecule has 0 spiro atoms. The minimum atomic E-state index is -0.357. The lowest BCUT2D eigenvalue weighted by Crippen LogP contribution is -2.15. The third kappa shape index (κ3) is 47.2. The number of unbranched alkanes of at least 4 members (excludes halogenated alkanes) is 7. The molecule has 0 radical (unpaired) electrons. The van der Waals surface area contributed by atoms with E-state index in [0.29, 0.717) is 102 Å². The Bertz CT molecular complexity index is 1090. The molecule has 2 atom stereocenters. The van der Waals surface area contributed by atoms with Crippen molar-refractivity contribution < 1.29 is 62.5 Å². The van der Waals surface area contributed by atoms with Crippen LogP contribution in [0.2, 0.25) is 0 Å². The summed E-state index contributed by atoms with van der Waals surface area (Å²) >= 11 is 0. The Labute approximate surface area is 395 Å². The summed E-state index contributed by atoms with van der Waals surface area (Å²) in [5.74, 6) is -0.0345. The first-order valence-corrected chi connectivity index (χ1v) is 25.3. The van der Waals surface area contributed by atoms with Crippen LogP contribution in [0.5, 0.6) is 0 Å². The van der Waals surface area contributed by atoms with Crippen LogP contribution in [0.25, 0.3) is 0 Å². The van der Waals surface area contributed by atoms with Gasteiger partial charge in [0.25, 0.3) is 0 Å². The van der Waals surface area contributed by atoms with Gasteiger partial charge in [-0.3, -0.25) is 9.59 Å². The van der Waals surface area contributed by atoms with Crippen LogP contribution in [0.3, 0.4) is 0 Å². The summed E-state index contributed by atoms with van der Waals surface area (Å²) in [6.07, 6.45) is 19.5. The van der Waals surface area contributed by atoms with E-state index in [-0.39, 0.29) is 37.1 Å². The molecule has 1 aromatic rings. The van der Waals surface area contributed by atoms with E-state index in [0.717, 1.165) is 90.3 Å². The van der Waals surface area contributed by atoms with Crippen molar-refractivity contribution in [3.05, 3.63) is 35.4 Å². The zero-order valence-electron chi connectivity index (χ0n) is 42.5. The lowest BCUT2D eigenvalue weighted by molar-refractivity contribution is -0.147. The molecular formula is C52H96O13. The quantitative estimate of drug-likeness (QED) is 0.0365. The van der Waals surface area contributed by atoms with Gasteiger partial charge in [0.1, 0.15) is 0 Å². The number of benzene rings is 1. The van der Waals surface area contributed by atoms with Gasteiger partial charge in [-0.1, -0.05) is 120 Å². The number of hydrogen-bond donors (Lipinski definition) is 2. The summed E-state index contributed by atoms with van der Waals surface area (Å²) in [6.45, 7) is 22.8. The van der Waals surface area contributed by atoms with E-state index in [4.69, 9.17) is 43.4 Å². The van der Waals surface area contributed by atoms with Gasteiger partial charge in [0.15, 0.2) is 0 Å². The topological polar surface area (TPSA) is 173 Å². The molecular weight excluding hydrogens is 833 g/mol. The smallest absolute Gasteiger partial charge is 0.338 e. The van der Waals surface area contributed by atoms with Crippen molar-refractivity contribution in [2.45, 2.75) is 184 Å². The highest BCUT2D eigenvalue weighted by molar-refractivity contribution is 5.93. The van der Waals surface area contributed by atoms with Crippen molar-refractivity contribution >= 4 is 23.9 Å². The number of ether oxygens (including phenoxy) is 7. The Kier molecular flexibility index (Phi) is 54.5. The van der Waals surface area contributed by atoms with Gasteiger partial charge in [-0.15, -0.1) is 0 Å². The van der Waals surface area contributed by atoms with Gasteiger partial charge >= 0.3 is 23.9 Å². The van der Waals surface area contributed by atoms with Crippen LogP contribution in [-0.4, -0.2) is 113 Å². The average molecular weight is 929 g/mol. The van der Waals surface area contributed by atoms with Crippen molar-refractivity contribution in [1.82, 2.24) is 0 Å². The second-order valence-corrected chi connectivity index (χ2v) is 16.0. The molecule has 0 aliphatic carbocycles. The normalized spacial score (nSPS) is 11.4. The van der Waals surface area contributed by atoms with Crippen molar-refractivity contribution in [2.24, 2.45) is 11.8 Å². The summed E-state index contributed by atoms with van der Waals surface area (Å²) in [6, 6.07) is 6.35. The third-order valence-electron chi connectivity index (χ3n) is 10.0. The Morgan fingerprint density at radius 2 is 0.738 bits per heavy atom. The number of rotatable bonds is 38. The molecule has 13 heteroatoms. The summed E-state index contributed by atoms with van der Waals surface area (Å²) in [5, 5.41) is 16.6. The van der Waals surface area contributed by atoms with Gasteiger partial charge in [-0.05, 0) is 87.5 Å².